The lowest BCUT2D eigenvalue weighted by Gasteiger charge is -2.02. The summed E-state index contributed by atoms with van der Waals surface area (Å²) >= 11 is 0. The van der Waals surface area contributed by atoms with Crippen LogP contribution in [0.15, 0.2) is 40.9 Å². The van der Waals surface area contributed by atoms with Crippen molar-refractivity contribution in [2.24, 2.45) is 7.05 Å². The van der Waals surface area contributed by atoms with Crippen molar-refractivity contribution >= 4 is 11.0 Å². The van der Waals surface area contributed by atoms with Crippen molar-refractivity contribution in [1.82, 2.24) is 15.1 Å². The van der Waals surface area contributed by atoms with Crippen LogP contribution in [0.4, 0.5) is 0 Å². The van der Waals surface area contributed by atoms with Crippen LogP contribution in [-0.4, -0.2) is 9.78 Å². The molecule has 3 aromatic rings. The maximum absolute atomic E-state index is 5.75. The third-order valence-corrected chi connectivity index (χ3v) is 3.28. The van der Waals surface area contributed by atoms with E-state index in [0.29, 0.717) is 0 Å². The van der Waals surface area contributed by atoms with Crippen LogP contribution in [0.25, 0.3) is 11.0 Å². The fourth-order valence-electron chi connectivity index (χ4n) is 2.31. The van der Waals surface area contributed by atoms with Crippen molar-refractivity contribution < 1.29 is 4.42 Å². The summed E-state index contributed by atoms with van der Waals surface area (Å²) in [7, 11) is 1.93. The van der Waals surface area contributed by atoms with Crippen LogP contribution in [0.2, 0.25) is 0 Å². The highest BCUT2D eigenvalue weighted by Crippen LogP contribution is 2.24. The molecule has 4 nitrogen and oxygen atoms in total. The summed E-state index contributed by atoms with van der Waals surface area (Å²) in [5.41, 5.74) is 3.23. The van der Waals surface area contributed by atoms with E-state index >= 15 is 0 Å². The fraction of sp³-hybridized carbons (Fsp3) is 0.267. The highest BCUT2D eigenvalue weighted by molar-refractivity contribution is 5.82. The number of aromatic nitrogens is 2. The topological polar surface area (TPSA) is 43.0 Å². The Morgan fingerprint density at radius 2 is 2.05 bits per heavy atom. The Labute approximate surface area is 112 Å². The van der Waals surface area contributed by atoms with Crippen molar-refractivity contribution in [3.05, 3.63) is 53.5 Å². The van der Waals surface area contributed by atoms with Gasteiger partial charge in [-0.25, -0.2) is 0 Å². The van der Waals surface area contributed by atoms with Gasteiger partial charge in [0.1, 0.15) is 11.3 Å². The number of rotatable bonds is 4. The molecule has 0 unspecified atom stereocenters. The molecule has 0 saturated heterocycles. The Balaban J connectivity index is 1.73. The molecule has 0 fully saturated rings. The standard InChI is InChI=1S/C15H17N3O/c1-11-14(13-5-3-4-6-15(13)19-11)10-16-9-12-7-8-18(2)17-12/h3-8,16H,9-10H2,1-2H3. The van der Waals surface area contributed by atoms with Gasteiger partial charge in [-0.15, -0.1) is 0 Å². The van der Waals surface area contributed by atoms with Crippen molar-refractivity contribution in [2.45, 2.75) is 20.0 Å². The monoisotopic (exact) mass is 255 g/mol. The molecule has 0 spiro atoms. The van der Waals surface area contributed by atoms with Crippen LogP contribution in [0.1, 0.15) is 17.0 Å². The number of fused-ring (bicyclic) bond motifs is 1. The highest BCUT2D eigenvalue weighted by atomic mass is 16.3. The Hall–Kier alpha value is -2.07. The molecule has 0 aliphatic rings. The predicted molar refractivity (Wildman–Crippen MR) is 74.7 cm³/mol. The first-order valence-corrected chi connectivity index (χ1v) is 6.40. The maximum Gasteiger partial charge on any atom is 0.134 e. The molecule has 19 heavy (non-hydrogen) atoms. The van der Waals surface area contributed by atoms with E-state index in [1.54, 1.807) is 0 Å². The summed E-state index contributed by atoms with van der Waals surface area (Å²) in [6.07, 6.45) is 1.95. The summed E-state index contributed by atoms with van der Waals surface area (Å²) in [5.74, 6) is 0.981. The summed E-state index contributed by atoms with van der Waals surface area (Å²) in [6.45, 7) is 3.57. The zero-order chi connectivity index (χ0) is 13.2. The van der Waals surface area contributed by atoms with Crippen molar-refractivity contribution in [3.8, 4) is 0 Å². The predicted octanol–water partition coefficient (Wildman–Crippen LogP) is 2.76. The van der Waals surface area contributed by atoms with Gasteiger partial charge in [0.05, 0.1) is 5.69 Å². The Kier molecular flexibility index (Phi) is 3.09. The number of para-hydroxylation sites is 1. The molecule has 2 aromatic heterocycles. The van der Waals surface area contributed by atoms with E-state index in [1.807, 2.05) is 49.1 Å². The molecule has 0 aliphatic carbocycles. The summed E-state index contributed by atoms with van der Waals surface area (Å²) in [5, 5.41) is 8.95. The Bertz CT molecular complexity index is 696. The molecule has 0 aliphatic heterocycles. The van der Waals surface area contributed by atoms with Gasteiger partial charge in [0.15, 0.2) is 0 Å². The van der Waals surface area contributed by atoms with Gasteiger partial charge in [-0.2, -0.15) is 5.10 Å². The molecule has 98 valence electrons. The fourth-order valence-corrected chi connectivity index (χ4v) is 2.31. The lowest BCUT2D eigenvalue weighted by atomic mass is 10.1. The molecule has 3 rings (SSSR count). The third-order valence-electron chi connectivity index (χ3n) is 3.28. The number of nitrogens with zero attached hydrogens (tertiary/aromatic N) is 2. The highest BCUT2D eigenvalue weighted by Gasteiger charge is 2.09. The third kappa shape index (κ3) is 2.39. The van der Waals surface area contributed by atoms with E-state index in [9.17, 15) is 0 Å². The average Bonchev–Trinajstić information content (AvgIpc) is 2.94. The second kappa shape index (κ2) is 4.90. The van der Waals surface area contributed by atoms with E-state index < -0.39 is 0 Å². The van der Waals surface area contributed by atoms with Crippen LogP contribution < -0.4 is 5.32 Å². The van der Waals surface area contributed by atoms with Crippen LogP contribution in [-0.2, 0) is 20.1 Å². The SMILES string of the molecule is Cc1oc2ccccc2c1CNCc1ccn(C)n1. The number of aryl methyl sites for hydroxylation is 2. The van der Waals surface area contributed by atoms with Gasteiger partial charge < -0.3 is 9.73 Å². The van der Waals surface area contributed by atoms with E-state index in [4.69, 9.17) is 4.42 Å². The summed E-state index contributed by atoms with van der Waals surface area (Å²) in [4.78, 5) is 0. The van der Waals surface area contributed by atoms with E-state index in [-0.39, 0.29) is 0 Å². The molecule has 0 amide bonds. The number of furan rings is 1. The number of hydrogen-bond donors (Lipinski definition) is 1. The zero-order valence-corrected chi connectivity index (χ0v) is 11.2. The first kappa shape index (κ1) is 12.0. The Morgan fingerprint density at radius 3 is 2.84 bits per heavy atom. The maximum atomic E-state index is 5.75. The molecule has 4 heteroatoms. The number of hydrogen-bond acceptors (Lipinski definition) is 3. The number of nitrogens with one attached hydrogen (secondary N) is 1. The van der Waals surface area contributed by atoms with Gasteiger partial charge >= 0.3 is 0 Å². The molecule has 1 aromatic carbocycles. The van der Waals surface area contributed by atoms with Crippen LogP contribution in [0, 0.1) is 6.92 Å². The molecule has 0 radical (unpaired) electrons. The quantitative estimate of drug-likeness (QED) is 0.779. The molecule has 0 saturated carbocycles. The van der Waals surface area contributed by atoms with E-state index in [1.165, 1.54) is 10.9 Å². The average molecular weight is 255 g/mol. The number of benzene rings is 1. The minimum absolute atomic E-state index is 0.764. The van der Waals surface area contributed by atoms with Crippen LogP contribution in [0.3, 0.4) is 0 Å². The zero-order valence-electron chi connectivity index (χ0n) is 11.2. The molecule has 0 bridgehead atoms. The van der Waals surface area contributed by atoms with E-state index in [2.05, 4.69) is 16.5 Å². The molecular weight excluding hydrogens is 238 g/mol. The minimum Gasteiger partial charge on any atom is -0.461 e. The second-order valence-electron chi connectivity index (χ2n) is 4.72. The molecule has 1 N–H and O–H groups in total. The van der Waals surface area contributed by atoms with Gasteiger partial charge in [0.2, 0.25) is 0 Å². The van der Waals surface area contributed by atoms with Gasteiger partial charge in [-0.1, -0.05) is 18.2 Å². The van der Waals surface area contributed by atoms with Crippen molar-refractivity contribution in [1.29, 1.82) is 0 Å². The minimum atomic E-state index is 0.764. The van der Waals surface area contributed by atoms with Crippen molar-refractivity contribution in [3.63, 3.8) is 0 Å². The smallest absolute Gasteiger partial charge is 0.134 e. The van der Waals surface area contributed by atoms with Gasteiger partial charge in [0, 0.05) is 37.3 Å². The van der Waals surface area contributed by atoms with Gasteiger partial charge in [0.25, 0.3) is 0 Å². The molecule has 0 atom stereocenters. The normalized spacial score (nSPS) is 11.3. The molecular formula is C15H17N3O. The molecule has 2 heterocycles. The van der Waals surface area contributed by atoms with Crippen LogP contribution in [0.5, 0.6) is 0 Å². The van der Waals surface area contributed by atoms with E-state index in [0.717, 1.165) is 30.1 Å². The Morgan fingerprint density at radius 1 is 1.21 bits per heavy atom. The first-order valence-electron chi connectivity index (χ1n) is 6.40. The largest absolute Gasteiger partial charge is 0.461 e. The summed E-state index contributed by atoms with van der Waals surface area (Å²) in [6, 6.07) is 10.2. The van der Waals surface area contributed by atoms with Gasteiger partial charge in [-0.3, -0.25) is 4.68 Å². The van der Waals surface area contributed by atoms with Crippen LogP contribution >= 0.6 is 0 Å². The van der Waals surface area contributed by atoms with Gasteiger partial charge in [-0.05, 0) is 19.1 Å². The van der Waals surface area contributed by atoms with Crippen molar-refractivity contribution in [2.75, 3.05) is 0 Å². The lowest BCUT2D eigenvalue weighted by molar-refractivity contribution is 0.563. The summed E-state index contributed by atoms with van der Waals surface area (Å²) < 4.78 is 7.56. The first-order chi connectivity index (χ1) is 9.24. The lowest BCUT2D eigenvalue weighted by Crippen LogP contribution is -2.13. The second-order valence-corrected chi connectivity index (χ2v) is 4.72.